The SMILES string of the molecule is c1ccc(C2(c3ccccc3)c3ccccc3-c3cc4c(cc32)Oc2cc(-c3nc(-c5cccc6ccccc56)c5ccccc5n3)ccc2O4)cc1. The molecule has 0 saturated carbocycles. The number of hydrogen-bond acceptors (Lipinski definition) is 4. The molecule has 0 atom stereocenters. The lowest BCUT2D eigenvalue weighted by molar-refractivity contribution is 0.359. The molecule has 4 nitrogen and oxygen atoms in total. The highest BCUT2D eigenvalue weighted by Gasteiger charge is 2.47. The van der Waals surface area contributed by atoms with E-state index in [0.717, 1.165) is 44.2 Å². The molecule has 248 valence electrons. The Morgan fingerprint density at radius 3 is 1.85 bits per heavy atom. The fraction of sp³-hybridized carbons (Fsp3) is 0.0204. The van der Waals surface area contributed by atoms with Crippen LogP contribution in [0, 0.1) is 0 Å². The van der Waals surface area contributed by atoms with Crippen LogP contribution in [-0.2, 0) is 5.41 Å². The van der Waals surface area contributed by atoms with Crippen LogP contribution >= 0.6 is 0 Å². The van der Waals surface area contributed by atoms with Crippen LogP contribution in [0.4, 0.5) is 0 Å². The first kappa shape index (κ1) is 29.7. The lowest BCUT2D eigenvalue weighted by Crippen LogP contribution is -2.28. The zero-order valence-electron chi connectivity index (χ0n) is 28.5. The first-order chi connectivity index (χ1) is 26.3. The van der Waals surface area contributed by atoms with Crippen molar-refractivity contribution in [2.75, 3.05) is 0 Å². The van der Waals surface area contributed by atoms with Crippen molar-refractivity contribution in [1.82, 2.24) is 9.97 Å². The van der Waals surface area contributed by atoms with E-state index in [1.165, 1.54) is 27.6 Å². The van der Waals surface area contributed by atoms with E-state index in [1.54, 1.807) is 0 Å². The molecule has 0 radical (unpaired) electrons. The Kier molecular flexibility index (Phi) is 6.43. The summed E-state index contributed by atoms with van der Waals surface area (Å²) in [6.45, 7) is 0. The van der Waals surface area contributed by atoms with Crippen molar-refractivity contribution >= 4 is 21.7 Å². The van der Waals surface area contributed by atoms with E-state index in [4.69, 9.17) is 19.4 Å². The molecule has 11 rings (SSSR count). The van der Waals surface area contributed by atoms with Gasteiger partial charge in [-0.1, -0.05) is 146 Å². The molecule has 0 amide bonds. The van der Waals surface area contributed by atoms with Gasteiger partial charge < -0.3 is 9.47 Å². The first-order valence-electron chi connectivity index (χ1n) is 17.9. The number of para-hydroxylation sites is 1. The topological polar surface area (TPSA) is 44.2 Å². The molecule has 8 aromatic carbocycles. The molecule has 1 aliphatic carbocycles. The van der Waals surface area contributed by atoms with Gasteiger partial charge in [0.1, 0.15) is 0 Å². The fourth-order valence-corrected chi connectivity index (χ4v) is 8.50. The lowest BCUT2D eigenvalue weighted by atomic mass is 9.67. The number of rotatable bonds is 4. The third kappa shape index (κ3) is 4.42. The monoisotopic (exact) mass is 678 g/mol. The molecule has 0 N–H and O–H groups in total. The summed E-state index contributed by atoms with van der Waals surface area (Å²) in [5.41, 5.74) is 10.3. The van der Waals surface area contributed by atoms with Gasteiger partial charge in [-0.15, -0.1) is 0 Å². The maximum absolute atomic E-state index is 6.81. The van der Waals surface area contributed by atoms with E-state index in [1.807, 2.05) is 36.4 Å². The Hall–Kier alpha value is -7.04. The van der Waals surface area contributed by atoms with Crippen LogP contribution in [0.25, 0.3) is 55.4 Å². The highest BCUT2D eigenvalue weighted by atomic mass is 16.6. The summed E-state index contributed by atoms with van der Waals surface area (Å²) in [6.07, 6.45) is 0. The molecule has 0 saturated heterocycles. The van der Waals surface area contributed by atoms with Crippen molar-refractivity contribution in [1.29, 1.82) is 0 Å². The van der Waals surface area contributed by atoms with Gasteiger partial charge in [0.2, 0.25) is 0 Å². The molecule has 53 heavy (non-hydrogen) atoms. The van der Waals surface area contributed by atoms with Crippen LogP contribution in [-0.4, -0.2) is 9.97 Å². The van der Waals surface area contributed by atoms with Crippen molar-refractivity contribution in [3.8, 4) is 56.8 Å². The van der Waals surface area contributed by atoms with E-state index >= 15 is 0 Å². The summed E-state index contributed by atoms with van der Waals surface area (Å²) in [5.74, 6) is 3.27. The number of fused-ring (bicyclic) bond motifs is 7. The quantitative estimate of drug-likeness (QED) is 0.186. The van der Waals surface area contributed by atoms with Crippen molar-refractivity contribution in [3.05, 3.63) is 204 Å². The minimum absolute atomic E-state index is 0.536. The maximum atomic E-state index is 6.81. The summed E-state index contributed by atoms with van der Waals surface area (Å²) in [5, 5.41) is 3.33. The molecule has 2 heterocycles. The zero-order chi connectivity index (χ0) is 34.9. The molecule has 0 unspecified atom stereocenters. The van der Waals surface area contributed by atoms with Crippen molar-refractivity contribution in [2.45, 2.75) is 5.41 Å². The molecule has 0 spiro atoms. The number of benzene rings is 8. The number of ether oxygens (including phenoxy) is 2. The Morgan fingerprint density at radius 2 is 1.02 bits per heavy atom. The van der Waals surface area contributed by atoms with Gasteiger partial charge in [0, 0.05) is 16.5 Å². The molecule has 9 aromatic rings. The van der Waals surface area contributed by atoms with Crippen molar-refractivity contribution < 1.29 is 9.47 Å². The maximum Gasteiger partial charge on any atom is 0.170 e. The highest BCUT2D eigenvalue weighted by molar-refractivity contribution is 6.03. The van der Waals surface area contributed by atoms with Gasteiger partial charge in [-0.2, -0.15) is 0 Å². The van der Waals surface area contributed by atoms with Crippen molar-refractivity contribution in [2.24, 2.45) is 0 Å². The highest BCUT2D eigenvalue weighted by Crippen LogP contribution is 2.59. The summed E-state index contributed by atoms with van der Waals surface area (Å²) < 4.78 is 13.4. The van der Waals surface area contributed by atoms with Gasteiger partial charge >= 0.3 is 0 Å². The van der Waals surface area contributed by atoms with Crippen LogP contribution < -0.4 is 9.47 Å². The second-order valence-corrected chi connectivity index (χ2v) is 13.7. The summed E-state index contributed by atoms with van der Waals surface area (Å²) in [6, 6.07) is 63.6. The molecule has 2 aliphatic rings. The standard InChI is InChI=1S/C49H30N2O2/c1-3-16-33(17-4-1)49(34-18-5-2-6-19-34)40-24-11-9-21-36(40)39-29-45-46(30-41(39)49)53-44-28-32(26-27-43(44)52-45)48-50-42-25-12-10-22-38(42)47(51-48)37-23-13-15-31-14-7-8-20-35(31)37/h1-30H. The Morgan fingerprint density at radius 1 is 0.396 bits per heavy atom. The van der Waals surface area contributed by atoms with Gasteiger partial charge in [0.25, 0.3) is 0 Å². The Labute approximate surface area is 306 Å². The normalized spacial score (nSPS) is 13.4. The predicted molar refractivity (Wildman–Crippen MR) is 212 cm³/mol. The molecular weight excluding hydrogens is 649 g/mol. The summed E-state index contributed by atoms with van der Waals surface area (Å²) in [4.78, 5) is 10.3. The number of nitrogens with zero attached hydrogens (tertiary/aromatic N) is 2. The van der Waals surface area contributed by atoms with Crippen molar-refractivity contribution in [3.63, 3.8) is 0 Å². The van der Waals surface area contributed by atoms with Gasteiger partial charge in [-0.05, 0) is 80.6 Å². The number of hydrogen-bond donors (Lipinski definition) is 0. The molecular formula is C49H30N2O2. The van der Waals surface area contributed by atoms with E-state index in [2.05, 4.69) is 146 Å². The average Bonchev–Trinajstić information content (AvgIpc) is 3.51. The fourth-order valence-electron chi connectivity index (χ4n) is 8.50. The minimum atomic E-state index is -0.536. The Bertz CT molecular complexity index is 2860. The third-order valence-corrected chi connectivity index (χ3v) is 10.8. The third-order valence-electron chi connectivity index (χ3n) is 10.8. The van der Waals surface area contributed by atoms with Gasteiger partial charge in [-0.3, -0.25) is 0 Å². The summed E-state index contributed by atoms with van der Waals surface area (Å²) >= 11 is 0. The molecule has 0 fully saturated rings. The average molecular weight is 679 g/mol. The van der Waals surface area contributed by atoms with E-state index in [0.29, 0.717) is 28.8 Å². The van der Waals surface area contributed by atoms with Crippen LogP contribution in [0.1, 0.15) is 22.3 Å². The van der Waals surface area contributed by atoms with Gasteiger partial charge in [0.15, 0.2) is 28.8 Å². The molecule has 1 aliphatic heterocycles. The van der Waals surface area contributed by atoms with Crippen LogP contribution in [0.2, 0.25) is 0 Å². The number of aromatic nitrogens is 2. The van der Waals surface area contributed by atoms with E-state index in [9.17, 15) is 0 Å². The molecule has 1 aromatic heterocycles. The second-order valence-electron chi connectivity index (χ2n) is 13.7. The van der Waals surface area contributed by atoms with Gasteiger partial charge in [0.05, 0.1) is 16.6 Å². The first-order valence-corrected chi connectivity index (χ1v) is 17.9. The molecule has 0 bridgehead atoms. The molecule has 4 heteroatoms. The smallest absolute Gasteiger partial charge is 0.170 e. The largest absolute Gasteiger partial charge is 0.449 e. The van der Waals surface area contributed by atoms with E-state index < -0.39 is 5.41 Å². The van der Waals surface area contributed by atoms with E-state index in [-0.39, 0.29) is 0 Å². The second kappa shape index (κ2) is 11.5. The lowest BCUT2D eigenvalue weighted by Gasteiger charge is -2.34. The van der Waals surface area contributed by atoms with Crippen LogP contribution in [0.3, 0.4) is 0 Å². The predicted octanol–water partition coefficient (Wildman–Crippen LogP) is 12.4. The zero-order valence-corrected chi connectivity index (χ0v) is 28.5. The minimum Gasteiger partial charge on any atom is -0.449 e. The Balaban J connectivity index is 1.06. The van der Waals surface area contributed by atoms with Crippen LogP contribution in [0.5, 0.6) is 23.0 Å². The summed E-state index contributed by atoms with van der Waals surface area (Å²) in [7, 11) is 0. The van der Waals surface area contributed by atoms with Gasteiger partial charge in [-0.25, -0.2) is 9.97 Å². The van der Waals surface area contributed by atoms with Crippen LogP contribution in [0.15, 0.2) is 182 Å².